The van der Waals surface area contributed by atoms with Gasteiger partial charge in [-0.2, -0.15) is 5.10 Å². The van der Waals surface area contributed by atoms with Crippen LogP contribution in [0.25, 0.3) is 0 Å². The third kappa shape index (κ3) is 2.97. The predicted molar refractivity (Wildman–Crippen MR) is 71.1 cm³/mol. The average molecular weight is 245 g/mol. The molecule has 4 nitrogen and oxygen atoms in total. The van der Waals surface area contributed by atoms with Crippen LogP contribution in [-0.2, 0) is 13.6 Å². The molecule has 4 heteroatoms. The Balaban J connectivity index is 2.02. The fourth-order valence-corrected chi connectivity index (χ4v) is 2.03. The molecule has 0 amide bonds. The molecule has 1 aromatic carbocycles. The molecule has 0 saturated carbocycles. The third-order valence-electron chi connectivity index (χ3n) is 3.04. The van der Waals surface area contributed by atoms with Gasteiger partial charge in [0.15, 0.2) is 0 Å². The highest BCUT2D eigenvalue weighted by Crippen LogP contribution is 2.13. The van der Waals surface area contributed by atoms with E-state index < -0.39 is 0 Å². The zero-order valence-electron chi connectivity index (χ0n) is 10.8. The highest BCUT2D eigenvalue weighted by Gasteiger charge is 2.10. The maximum Gasteiger partial charge on any atom is 0.0638 e. The van der Waals surface area contributed by atoms with Crippen LogP contribution in [0.15, 0.2) is 36.5 Å². The second-order valence-corrected chi connectivity index (χ2v) is 4.44. The Labute approximate surface area is 107 Å². The molecule has 2 N–H and O–H groups in total. The molecular weight excluding hydrogens is 226 g/mol. The van der Waals surface area contributed by atoms with Gasteiger partial charge in [0.05, 0.1) is 18.3 Å². The van der Waals surface area contributed by atoms with Crippen LogP contribution < -0.4 is 5.32 Å². The van der Waals surface area contributed by atoms with Gasteiger partial charge < -0.3 is 10.4 Å². The summed E-state index contributed by atoms with van der Waals surface area (Å²) >= 11 is 0. The normalized spacial score (nSPS) is 12.6. The first-order chi connectivity index (χ1) is 8.70. The summed E-state index contributed by atoms with van der Waals surface area (Å²) in [6.07, 6.45) is 2.00. The molecule has 0 radical (unpaired) electrons. The summed E-state index contributed by atoms with van der Waals surface area (Å²) < 4.78 is 1.81. The quantitative estimate of drug-likeness (QED) is 0.840. The minimum atomic E-state index is -0.0363. The number of benzene rings is 1. The minimum absolute atomic E-state index is 0.0363. The molecule has 0 aliphatic rings. The van der Waals surface area contributed by atoms with E-state index in [0.717, 1.165) is 16.8 Å². The van der Waals surface area contributed by atoms with Gasteiger partial charge >= 0.3 is 0 Å². The summed E-state index contributed by atoms with van der Waals surface area (Å²) in [6.45, 7) is 2.79. The average Bonchev–Trinajstić information content (AvgIpc) is 2.70. The number of rotatable bonds is 5. The number of hydrogen-bond donors (Lipinski definition) is 2. The molecule has 18 heavy (non-hydrogen) atoms. The van der Waals surface area contributed by atoms with Crippen LogP contribution in [0.3, 0.4) is 0 Å². The maximum absolute atomic E-state index is 9.45. The number of nitrogens with zero attached hydrogens (tertiary/aromatic N) is 2. The number of aliphatic hydroxyl groups is 1. The van der Waals surface area contributed by atoms with Gasteiger partial charge in [0.2, 0.25) is 0 Å². The molecule has 96 valence electrons. The number of hydrogen-bond acceptors (Lipinski definition) is 3. The maximum atomic E-state index is 9.45. The molecule has 0 spiro atoms. The van der Waals surface area contributed by atoms with Crippen LogP contribution in [0, 0.1) is 6.92 Å². The molecule has 1 aromatic heterocycles. The van der Waals surface area contributed by atoms with Gasteiger partial charge in [-0.05, 0) is 12.5 Å². The van der Waals surface area contributed by atoms with E-state index >= 15 is 0 Å². The Bertz CT molecular complexity index is 493. The number of aromatic nitrogens is 2. The van der Waals surface area contributed by atoms with Crippen molar-refractivity contribution in [3.63, 3.8) is 0 Å². The van der Waals surface area contributed by atoms with Crippen LogP contribution in [0.1, 0.15) is 22.9 Å². The van der Waals surface area contributed by atoms with E-state index in [1.807, 2.05) is 55.2 Å². The van der Waals surface area contributed by atoms with Crippen molar-refractivity contribution in [2.45, 2.75) is 19.5 Å². The Morgan fingerprint density at radius 2 is 2.06 bits per heavy atom. The summed E-state index contributed by atoms with van der Waals surface area (Å²) in [6, 6.07) is 9.94. The lowest BCUT2D eigenvalue weighted by atomic mass is 10.1. The summed E-state index contributed by atoms with van der Waals surface area (Å²) in [5, 5.41) is 17.1. The zero-order chi connectivity index (χ0) is 13.0. The van der Waals surface area contributed by atoms with Crippen LogP contribution in [0.5, 0.6) is 0 Å². The molecule has 0 aliphatic carbocycles. The molecule has 1 unspecified atom stereocenters. The van der Waals surface area contributed by atoms with Gasteiger partial charge in [0.1, 0.15) is 0 Å². The summed E-state index contributed by atoms with van der Waals surface area (Å²) in [5.41, 5.74) is 3.28. The van der Waals surface area contributed by atoms with E-state index in [1.54, 1.807) is 0 Å². The molecular formula is C14H19N3O. The number of aryl methyl sites for hydroxylation is 2. The highest BCUT2D eigenvalue weighted by atomic mass is 16.3. The van der Waals surface area contributed by atoms with Crippen molar-refractivity contribution in [3.05, 3.63) is 53.3 Å². The summed E-state index contributed by atoms with van der Waals surface area (Å²) in [5.74, 6) is 0. The van der Waals surface area contributed by atoms with Crippen molar-refractivity contribution in [2.75, 3.05) is 6.61 Å². The standard InChI is InChI=1S/C14H19N3O/c1-11-13(9-17(2)16-11)8-15-14(10-18)12-6-4-3-5-7-12/h3-7,9,14-15,18H,8,10H2,1-2H3. The van der Waals surface area contributed by atoms with E-state index in [9.17, 15) is 5.11 Å². The van der Waals surface area contributed by atoms with Crippen molar-refractivity contribution in [2.24, 2.45) is 7.05 Å². The van der Waals surface area contributed by atoms with E-state index in [2.05, 4.69) is 10.4 Å². The smallest absolute Gasteiger partial charge is 0.0638 e. The van der Waals surface area contributed by atoms with E-state index in [0.29, 0.717) is 6.54 Å². The summed E-state index contributed by atoms with van der Waals surface area (Å²) in [7, 11) is 1.91. The van der Waals surface area contributed by atoms with Crippen molar-refractivity contribution >= 4 is 0 Å². The van der Waals surface area contributed by atoms with Gasteiger partial charge in [0, 0.05) is 25.4 Å². The summed E-state index contributed by atoms with van der Waals surface area (Å²) in [4.78, 5) is 0. The second kappa shape index (κ2) is 5.80. The number of aliphatic hydroxyl groups excluding tert-OH is 1. The van der Waals surface area contributed by atoms with Gasteiger partial charge in [-0.25, -0.2) is 0 Å². The topological polar surface area (TPSA) is 50.1 Å². The molecule has 2 rings (SSSR count). The van der Waals surface area contributed by atoms with E-state index in [4.69, 9.17) is 0 Å². The Kier molecular flexibility index (Phi) is 4.12. The molecule has 1 atom stereocenters. The monoisotopic (exact) mass is 245 g/mol. The van der Waals surface area contributed by atoms with Gasteiger partial charge in [-0.1, -0.05) is 30.3 Å². The van der Waals surface area contributed by atoms with E-state index in [-0.39, 0.29) is 12.6 Å². The largest absolute Gasteiger partial charge is 0.394 e. The van der Waals surface area contributed by atoms with Crippen LogP contribution in [0.2, 0.25) is 0 Å². The van der Waals surface area contributed by atoms with Gasteiger partial charge in [0.25, 0.3) is 0 Å². The Morgan fingerprint density at radius 1 is 1.33 bits per heavy atom. The molecule has 0 aliphatic heterocycles. The SMILES string of the molecule is Cc1nn(C)cc1CNC(CO)c1ccccc1. The zero-order valence-corrected chi connectivity index (χ0v) is 10.8. The molecule has 0 bridgehead atoms. The molecule has 0 saturated heterocycles. The lowest BCUT2D eigenvalue weighted by Gasteiger charge is -2.16. The highest BCUT2D eigenvalue weighted by molar-refractivity contribution is 5.20. The molecule has 0 fully saturated rings. The lowest BCUT2D eigenvalue weighted by Crippen LogP contribution is -2.24. The second-order valence-electron chi connectivity index (χ2n) is 4.44. The van der Waals surface area contributed by atoms with Crippen molar-refractivity contribution in [1.82, 2.24) is 15.1 Å². The molecule has 2 aromatic rings. The first-order valence-corrected chi connectivity index (χ1v) is 6.09. The van der Waals surface area contributed by atoms with E-state index in [1.165, 1.54) is 0 Å². The van der Waals surface area contributed by atoms with Crippen molar-refractivity contribution in [3.8, 4) is 0 Å². The first kappa shape index (κ1) is 12.8. The fourth-order valence-electron chi connectivity index (χ4n) is 2.03. The van der Waals surface area contributed by atoms with Gasteiger partial charge in [-0.15, -0.1) is 0 Å². The van der Waals surface area contributed by atoms with Crippen molar-refractivity contribution in [1.29, 1.82) is 0 Å². The Hall–Kier alpha value is -1.65. The lowest BCUT2D eigenvalue weighted by molar-refractivity contribution is 0.243. The molecule has 1 heterocycles. The predicted octanol–water partition coefficient (Wildman–Crippen LogP) is 1.55. The minimum Gasteiger partial charge on any atom is -0.394 e. The first-order valence-electron chi connectivity index (χ1n) is 6.09. The van der Waals surface area contributed by atoms with Crippen LogP contribution in [0.4, 0.5) is 0 Å². The third-order valence-corrected chi connectivity index (χ3v) is 3.04. The van der Waals surface area contributed by atoms with Crippen LogP contribution in [-0.4, -0.2) is 21.5 Å². The number of nitrogens with one attached hydrogen (secondary N) is 1. The van der Waals surface area contributed by atoms with Crippen molar-refractivity contribution < 1.29 is 5.11 Å². The Morgan fingerprint density at radius 3 is 2.61 bits per heavy atom. The van der Waals surface area contributed by atoms with Gasteiger partial charge in [-0.3, -0.25) is 4.68 Å². The van der Waals surface area contributed by atoms with Crippen LogP contribution >= 0.6 is 0 Å². The fraction of sp³-hybridized carbons (Fsp3) is 0.357.